The second-order valence-corrected chi connectivity index (χ2v) is 4.97. The number of nitrogens with two attached hydrogens (primary N) is 1. The molecule has 0 spiro atoms. The Morgan fingerprint density at radius 3 is 2.93 bits per heavy atom. The second-order valence-electron chi connectivity index (χ2n) is 3.82. The van der Waals surface area contributed by atoms with Crippen molar-refractivity contribution in [2.24, 2.45) is 5.73 Å². The molecule has 2 N–H and O–H groups in total. The van der Waals surface area contributed by atoms with E-state index in [-0.39, 0.29) is 6.04 Å². The molecule has 0 radical (unpaired) electrons. The van der Waals surface area contributed by atoms with E-state index in [1.54, 1.807) is 0 Å². The molecule has 2 unspecified atom stereocenters. The summed E-state index contributed by atoms with van der Waals surface area (Å²) in [7, 11) is 2.13. The summed E-state index contributed by atoms with van der Waals surface area (Å²) in [5.41, 5.74) is 7.25. The molecule has 2 heterocycles. The number of rotatable bonds is 2. The minimum absolute atomic E-state index is 0.0176. The van der Waals surface area contributed by atoms with Crippen molar-refractivity contribution in [2.45, 2.75) is 12.1 Å². The van der Waals surface area contributed by atoms with Gasteiger partial charge in [-0.05, 0) is 7.05 Å². The smallest absolute Gasteiger partial charge is 0.115 e. The molecule has 1 fully saturated rings. The lowest BCUT2D eigenvalue weighted by Crippen LogP contribution is -2.46. The van der Waals surface area contributed by atoms with Gasteiger partial charge in [-0.1, -0.05) is 0 Å². The molecule has 0 saturated carbocycles. The van der Waals surface area contributed by atoms with Crippen molar-refractivity contribution in [3.8, 4) is 0 Å². The predicted molar refractivity (Wildman–Crippen MR) is 62.7 cm³/mol. The molecule has 5 heteroatoms. The van der Waals surface area contributed by atoms with Crippen LogP contribution in [-0.4, -0.2) is 46.0 Å². The molecular formula is C10H16N4S. The SMILES string of the molecule is CN1CCSCC1C(N)c1cncnc1. The summed E-state index contributed by atoms with van der Waals surface area (Å²) in [4.78, 5) is 10.3. The molecule has 82 valence electrons. The zero-order valence-electron chi connectivity index (χ0n) is 8.84. The van der Waals surface area contributed by atoms with Gasteiger partial charge in [0.1, 0.15) is 6.33 Å². The molecule has 15 heavy (non-hydrogen) atoms. The van der Waals surface area contributed by atoms with E-state index >= 15 is 0 Å². The Bertz CT molecular complexity index is 306. The number of hydrogen-bond donors (Lipinski definition) is 1. The van der Waals surface area contributed by atoms with E-state index in [1.807, 2.05) is 24.2 Å². The van der Waals surface area contributed by atoms with Gasteiger partial charge in [0.2, 0.25) is 0 Å². The minimum Gasteiger partial charge on any atom is -0.323 e. The molecular weight excluding hydrogens is 208 g/mol. The van der Waals surface area contributed by atoms with Gasteiger partial charge in [0.15, 0.2) is 0 Å². The van der Waals surface area contributed by atoms with Crippen LogP contribution in [0.25, 0.3) is 0 Å². The summed E-state index contributed by atoms with van der Waals surface area (Å²) >= 11 is 1.97. The van der Waals surface area contributed by atoms with Gasteiger partial charge >= 0.3 is 0 Å². The quantitative estimate of drug-likeness (QED) is 0.794. The van der Waals surface area contributed by atoms with Crippen molar-refractivity contribution in [3.63, 3.8) is 0 Å². The molecule has 1 aromatic rings. The molecule has 0 aromatic carbocycles. The molecule has 0 bridgehead atoms. The molecule has 2 atom stereocenters. The van der Waals surface area contributed by atoms with Crippen molar-refractivity contribution >= 4 is 11.8 Å². The average Bonchev–Trinajstić information content (AvgIpc) is 2.30. The monoisotopic (exact) mass is 224 g/mol. The summed E-state index contributed by atoms with van der Waals surface area (Å²) in [6, 6.07) is 0.416. The third kappa shape index (κ3) is 2.48. The molecule has 1 aliphatic heterocycles. The minimum atomic E-state index is 0.0176. The molecule has 2 rings (SSSR count). The maximum Gasteiger partial charge on any atom is 0.115 e. The van der Waals surface area contributed by atoms with Gasteiger partial charge in [-0.15, -0.1) is 0 Å². The van der Waals surface area contributed by atoms with Crippen LogP contribution in [0.4, 0.5) is 0 Å². The first-order chi connectivity index (χ1) is 7.29. The number of hydrogen-bond acceptors (Lipinski definition) is 5. The first-order valence-corrected chi connectivity index (χ1v) is 6.23. The van der Waals surface area contributed by atoms with Crippen LogP contribution in [0.5, 0.6) is 0 Å². The van der Waals surface area contributed by atoms with E-state index in [2.05, 4.69) is 21.9 Å². The van der Waals surface area contributed by atoms with Gasteiger partial charge in [-0.2, -0.15) is 11.8 Å². The van der Waals surface area contributed by atoms with Gasteiger partial charge in [-0.25, -0.2) is 9.97 Å². The highest BCUT2D eigenvalue weighted by Crippen LogP contribution is 2.23. The molecule has 4 nitrogen and oxygen atoms in total. The van der Waals surface area contributed by atoms with Crippen LogP contribution in [0, 0.1) is 0 Å². The Balaban J connectivity index is 2.09. The fourth-order valence-electron chi connectivity index (χ4n) is 1.79. The first-order valence-electron chi connectivity index (χ1n) is 5.07. The molecule has 1 saturated heterocycles. The molecule has 0 aliphatic carbocycles. The Kier molecular flexibility index (Phi) is 3.56. The van der Waals surface area contributed by atoms with Crippen LogP contribution in [0.1, 0.15) is 11.6 Å². The zero-order valence-corrected chi connectivity index (χ0v) is 9.65. The standard InChI is InChI=1S/C10H16N4S/c1-14-2-3-15-6-9(14)10(11)8-4-12-7-13-5-8/h4-5,7,9-10H,2-3,6,11H2,1H3. The van der Waals surface area contributed by atoms with E-state index < -0.39 is 0 Å². The van der Waals surface area contributed by atoms with Crippen molar-refractivity contribution < 1.29 is 0 Å². The van der Waals surface area contributed by atoms with Gasteiger partial charge in [-0.3, -0.25) is 4.90 Å². The largest absolute Gasteiger partial charge is 0.323 e. The van der Waals surface area contributed by atoms with Gasteiger partial charge in [0, 0.05) is 48.1 Å². The third-order valence-electron chi connectivity index (χ3n) is 2.82. The average molecular weight is 224 g/mol. The first kappa shape index (κ1) is 10.9. The summed E-state index contributed by atoms with van der Waals surface area (Å²) < 4.78 is 0. The Morgan fingerprint density at radius 1 is 1.53 bits per heavy atom. The topological polar surface area (TPSA) is 55.0 Å². The fourth-order valence-corrected chi connectivity index (χ4v) is 3.08. The summed E-state index contributed by atoms with van der Waals surface area (Å²) in [6.45, 7) is 1.11. The number of nitrogens with zero attached hydrogens (tertiary/aromatic N) is 3. The van der Waals surface area contributed by atoms with E-state index in [4.69, 9.17) is 5.73 Å². The van der Waals surface area contributed by atoms with E-state index in [0.717, 1.165) is 17.9 Å². The maximum atomic E-state index is 6.23. The van der Waals surface area contributed by atoms with Crippen LogP contribution in [-0.2, 0) is 0 Å². The van der Waals surface area contributed by atoms with Crippen LogP contribution in [0.15, 0.2) is 18.7 Å². The van der Waals surface area contributed by atoms with E-state index in [9.17, 15) is 0 Å². The van der Waals surface area contributed by atoms with Crippen molar-refractivity contribution in [1.29, 1.82) is 0 Å². The second kappa shape index (κ2) is 4.92. The van der Waals surface area contributed by atoms with E-state index in [0.29, 0.717) is 6.04 Å². The normalized spacial score (nSPS) is 25.1. The predicted octanol–water partition coefficient (Wildman–Crippen LogP) is 0.524. The highest BCUT2D eigenvalue weighted by Gasteiger charge is 2.26. The number of aromatic nitrogens is 2. The third-order valence-corrected chi connectivity index (χ3v) is 3.87. The number of thioether (sulfide) groups is 1. The van der Waals surface area contributed by atoms with Crippen LogP contribution in [0.2, 0.25) is 0 Å². The maximum absolute atomic E-state index is 6.23. The van der Waals surface area contributed by atoms with Crippen LogP contribution in [0.3, 0.4) is 0 Å². The Labute approximate surface area is 94.3 Å². The van der Waals surface area contributed by atoms with Crippen molar-refractivity contribution in [1.82, 2.24) is 14.9 Å². The van der Waals surface area contributed by atoms with Gasteiger partial charge < -0.3 is 5.73 Å². The van der Waals surface area contributed by atoms with E-state index in [1.165, 1.54) is 12.1 Å². The van der Waals surface area contributed by atoms with Gasteiger partial charge in [0.25, 0.3) is 0 Å². The van der Waals surface area contributed by atoms with Crippen LogP contribution < -0.4 is 5.73 Å². The zero-order chi connectivity index (χ0) is 10.7. The lowest BCUT2D eigenvalue weighted by Gasteiger charge is -2.35. The lowest BCUT2D eigenvalue weighted by atomic mass is 10.0. The van der Waals surface area contributed by atoms with Crippen molar-refractivity contribution in [2.75, 3.05) is 25.1 Å². The number of likely N-dealkylation sites (N-methyl/N-ethyl adjacent to an activating group) is 1. The fraction of sp³-hybridized carbons (Fsp3) is 0.600. The highest BCUT2D eigenvalue weighted by atomic mass is 32.2. The summed E-state index contributed by atoms with van der Waals surface area (Å²) in [6.07, 6.45) is 5.16. The molecule has 0 amide bonds. The molecule has 1 aliphatic rings. The summed E-state index contributed by atoms with van der Waals surface area (Å²) in [5, 5.41) is 0. The Hall–Kier alpha value is -0.650. The van der Waals surface area contributed by atoms with Gasteiger partial charge in [0.05, 0.1) is 0 Å². The highest BCUT2D eigenvalue weighted by molar-refractivity contribution is 7.99. The molecule has 1 aromatic heterocycles. The van der Waals surface area contributed by atoms with Crippen LogP contribution >= 0.6 is 11.8 Å². The Morgan fingerprint density at radius 2 is 2.27 bits per heavy atom. The van der Waals surface area contributed by atoms with Crippen molar-refractivity contribution in [3.05, 3.63) is 24.3 Å². The summed E-state index contributed by atoms with van der Waals surface area (Å²) in [5.74, 6) is 2.29. The lowest BCUT2D eigenvalue weighted by molar-refractivity contribution is 0.237.